The summed E-state index contributed by atoms with van der Waals surface area (Å²) in [5.41, 5.74) is 3.01. The molecule has 0 spiro atoms. The maximum atomic E-state index is 13.8. The molecule has 4 rings (SSSR count). The van der Waals surface area contributed by atoms with Crippen molar-refractivity contribution in [1.29, 1.82) is 0 Å². The smallest absolute Gasteiger partial charge is 0.320 e. The molecule has 1 saturated carbocycles. The van der Waals surface area contributed by atoms with E-state index in [1.165, 1.54) is 37.7 Å². The molecular formula is C30H40N2O4. The molecule has 0 saturated heterocycles. The van der Waals surface area contributed by atoms with Gasteiger partial charge in [-0.25, -0.2) is 0 Å². The van der Waals surface area contributed by atoms with Gasteiger partial charge >= 0.3 is 5.97 Å². The zero-order chi connectivity index (χ0) is 25.7. The van der Waals surface area contributed by atoms with Crippen molar-refractivity contribution >= 4 is 17.6 Å². The van der Waals surface area contributed by atoms with Gasteiger partial charge in [-0.1, -0.05) is 89.3 Å². The molecule has 1 unspecified atom stereocenters. The van der Waals surface area contributed by atoms with Crippen molar-refractivity contribution in [3.8, 4) is 5.75 Å². The maximum absolute atomic E-state index is 13.8. The molecule has 0 aromatic heterocycles. The lowest BCUT2D eigenvalue weighted by molar-refractivity contribution is -0.140. The molecule has 0 bridgehead atoms. The number of hydrogen-bond donors (Lipinski definition) is 2. The van der Waals surface area contributed by atoms with Crippen LogP contribution >= 0.6 is 0 Å². The van der Waals surface area contributed by atoms with Crippen molar-refractivity contribution < 1.29 is 19.4 Å². The molecule has 0 radical (unpaired) electrons. The number of para-hydroxylation sites is 2. The van der Waals surface area contributed by atoms with Gasteiger partial charge in [0.2, 0.25) is 5.91 Å². The number of aliphatic carboxylic acids is 1. The van der Waals surface area contributed by atoms with Crippen LogP contribution in [0.2, 0.25) is 0 Å². The molecule has 2 atom stereocenters. The molecule has 6 heteroatoms. The van der Waals surface area contributed by atoms with Crippen molar-refractivity contribution in [2.45, 2.75) is 89.8 Å². The number of carboxylic acid groups (broad SMARTS) is 1. The quantitative estimate of drug-likeness (QED) is 0.496. The third kappa shape index (κ3) is 6.47. The predicted octanol–water partition coefficient (Wildman–Crippen LogP) is 5.68. The van der Waals surface area contributed by atoms with Crippen LogP contribution in [0.15, 0.2) is 48.5 Å². The molecule has 2 N–H and O–H groups in total. The Kier molecular flexibility index (Phi) is 8.35. The monoisotopic (exact) mass is 492 g/mol. The van der Waals surface area contributed by atoms with E-state index in [-0.39, 0.29) is 17.9 Å². The fraction of sp³-hybridized carbons (Fsp3) is 0.533. The Morgan fingerprint density at radius 2 is 1.78 bits per heavy atom. The molecular weight excluding hydrogens is 452 g/mol. The highest BCUT2D eigenvalue weighted by molar-refractivity contribution is 5.99. The number of anilines is 1. The maximum Gasteiger partial charge on any atom is 0.320 e. The number of amides is 1. The van der Waals surface area contributed by atoms with Crippen molar-refractivity contribution in [2.75, 3.05) is 11.5 Å². The van der Waals surface area contributed by atoms with Gasteiger partial charge in [-0.05, 0) is 47.4 Å². The Hall–Kier alpha value is -2.86. The van der Waals surface area contributed by atoms with E-state index in [1.54, 1.807) is 4.90 Å². The number of carbonyl (C=O) groups is 2. The minimum Gasteiger partial charge on any atom is -0.489 e. The normalized spacial score (nSPS) is 19.8. The van der Waals surface area contributed by atoms with Crippen molar-refractivity contribution in [1.82, 2.24) is 5.32 Å². The predicted molar refractivity (Wildman–Crippen MR) is 142 cm³/mol. The summed E-state index contributed by atoms with van der Waals surface area (Å²) in [7, 11) is 0. The van der Waals surface area contributed by atoms with Crippen LogP contribution in [0, 0.1) is 5.92 Å². The van der Waals surface area contributed by atoms with E-state index in [0.717, 1.165) is 12.0 Å². The van der Waals surface area contributed by atoms with Crippen molar-refractivity contribution in [3.05, 3.63) is 59.7 Å². The molecule has 2 aromatic carbocycles. The van der Waals surface area contributed by atoms with Gasteiger partial charge in [0.15, 0.2) is 0 Å². The van der Waals surface area contributed by atoms with E-state index in [2.05, 4.69) is 50.4 Å². The lowest BCUT2D eigenvalue weighted by Crippen LogP contribution is -2.53. The molecule has 1 aliphatic carbocycles. The summed E-state index contributed by atoms with van der Waals surface area (Å²) in [6.45, 7) is 7.02. The molecule has 1 fully saturated rings. The average Bonchev–Trinajstić information content (AvgIpc) is 2.99. The van der Waals surface area contributed by atoms with Gasteiger partial charge < -0.3 is 14.7 Å². The first-order valence-corrected chi connectivity index (χ1v) is 13.3. The minimum absolute atomic E-state index is 0.0515. The summed E-state index contributed by atoms with van der Waals surface area (Å²) >= 11 is 0. The second kappa shape index (κ2) is 11.5. The Labute approximate surface area is 215 Å². The summed E-state index contributed by atoms with van der Waals surface area (Å²) < 4.78 is 6.02. The fourth-order valence-electron chi connectivity index (χ4n) is 5.33. The average molecular weight is 493 g/mol. The number of nitrogens with zero attached hydrogens (tertiary/aromatic N) is 1. The van der Waals surface area contributed by atoms with Gasteiger partial charge in [0.1, 0.15) is 24.4 Å². The molecule has 6 nitrogen and oxygen atoms in total. The molecule has 1 heterocycles. The number of ether oxygens (including phenoxy) is 1. The third-order valence-corrected chi connectivity index (χ3v) is 7.58. The summed E-state index contributed by atoms with van der Waals surface area (Å²) in [6.07, 6.45) is 7.48. The number of benzene rings is 2. The van der Waals surface area contributed by atoms with Gasteiger partial charge in [-0.15, -0.1) is 0 Å². The zero-order valence-electron chi connectivity index (χ0n) is 21.8. The van der Waals surface area contributed by atoms with E-state index in [9.17, 15) is 14.7 Å². The number of carbonyl (C=O) groups excluding carboxylic acids is 1. The van der Waals surface area contributed by atoms with Crippen LogP contribution < -0.4 is 15.0 Å². The summed E-state index contributed by atoms with van der Waals surface area (Å²) in [4.78, 5) is 27.6. The first-order chi connectivity index (χ1) is 17.2. The SMILES string of the molecule is CC(C)(C)c1ccc(CN2C(=O)C(N[C@@H](CCC3CCCCC3)C(=O)O)COc3ccccc32)cc1. The van der Waals surface area contributed by atoms with Crippen LogP contribution in [-0.4, -0.2) is 35.7 Å². The zero-order valence-corrected chi connectivity index (χ0v) is 21.8. The van der Waals surface area contributed by atoms with Crippen LogP contribution in [-0.2, 0) is 21.5 Å². The van der Waals surface area contributed by atoms with Crippen LogP contribution in [0.5, 0.6) is 5.75 Å². The lowest BCUT2D eigenvalue weighted by atomic mass is 9.85. The van der Waals surface area contributed by atoms with Gasteiger partial charge in [-0.3, -0.25) is 14.9 Å². The lowest BCUT2D eigenvalue weighted by Gasteiger charge is -2.28. The minimum atomic E-state index is -0.912. The van der Waals surface area contributed by atoms with Crippen LogP contribution in [0.25, 0.3) is 0 Å². The van der Waals surface area contributed by atoms with E-state index < -0.39 is 18.1 Å². The first-order valence-electron chi connectivity index (χ1n) is 13.3. The highest BCUT2D eigenvalue weighted by atomic mass is 16.5. The first kappa shape index (κ1) is 26.2. The highest BCUT2D eigenvalue weighted by Crippen LogP contribution is 2.33. The third-order valence-electron chi connectivity index (χ3n) is 7.58. The molecule has 36 heavy (non-hydrogen) atoms. The molecule has 194 valence electrons. The van der Waals surface area contributed by atoms with Crippen molar-refractivity contribution in [2.24, 2.45) is 5.92 Å². The summed E-state index contributed by atoms with van der Waals surface area (Å²) in [5.74, 6) is 0.143. The molecule has 2 aliphatic rings. The van der Waals surface area contributed by atoms with E-state index in [0.29, 0.717) is 30.3 Å². The van der Waals surface area contributed by atoms with Crippen LogP contribution in [0.1, 0.15) is 76.8 Å². The van der Waals surface area contributed by atoms with Gasteiger partial charge in [0.25, 0.3) is 0 Å². The summed E-state index contributed by atoms with van der Waals surface area (Å²) in [5, 5.41) is 13.1. The van der Waals surface area contributed by atoms with Gasteiger partial charge in [-0.2, -0.15) is 0 Å². The topological polar surface area (TPSA) is 78.9 Å². The Bertz CT molecular complexity index is 1040. The van der Waals surface area contributed by atoms with E-state index >= 15 is 0 Å². The van der Waals surface area contributed by atoms with E-state index in [4.69, 9.17) is 4.74 Å². The fourth-order valence-corrected chi connectivity index (χ4v) is 5.33. The van der Waals surface area contributed by atoms with Gasteiger partial charge in [0.05, 0.1) is 12.2 Å². The van der Waals surface area contributed by atoms with Gasteiger partial charge in [0, 0.05) is 0 Å². The Morgan fingerprint density at radius 1 is 1.08 bits per heavy atom. The molecule has 2 aromatic rings. The van der Waals surface area contributed by atoms with E-state index in [1.807, 2.05) is 24.3 Å². The molecule has 1 aliphatic heterocycles. The van der Waals surface area contributed by atoms with Crippen LogP contribution in [0.3, 0.4) is 0 Å². The second-order valence-electron chi connectivity index (χ2n) is 11.3. The largest absolute Gasteiger partial charge is 0.489 e. The number of hydrogen-bond acceptors (Lipinski definition) is 4. The van der Waals surface area contributed by atoms with Crippen molar-refractivity contribution in [3.63, 3.8) is 0 Å². The van der Waals surface area contributed by atoms with Crippen LogP contribution in [0.4, 0.5) is 5.69 Å². The number of nitrogens with one attached hydrogen (secondary N) is 1. The Morgan fingerprint density at radius 3 is 2.44 bits per heavy atom. The number of carboxylic acids is 1. The second-order valence-corrected chi connectivity index (χ2v) is 11.3. The summed E-state index contributed by atoms with van der Waals surface area (Å²) in [6, 6.07) is 14.4. The number of fused-ring (bicyclic) bond motifs is 1. The number of rotatable bonds is 8. The standard InChI is InChI=1S/C30H40N2O4/c1-30(2,3)23-16-13-22(14-17-23)19-32-26-11-7-8-12-27(26)36-20-25(28(32)33)31-24(29(34)35)18-15-21-9-5-4-6-10-21/h7-8,11-14,16-17,21,24-25,31H,4-6,9-10,15,18-20H2,1-3H3,(H,34,35)/t24-,25?/m0/s1. The highest BCUT2D eigenvalue weighted by Gasteiger charge is 2.34. The Balaban J connectivity index is 1.51. The molecule has 1 amide bonds.